The largest absolute Gasteiger partial charge is 0.508 e. The Morgan fingerprint density at radius 3 is 2.54 bits per heavy atom. The van der Waals surface area contributed by atoms with Crippen molar-refractivity contribution in [3.05, 3.63) is 35.5 Å². The summed E-state index contributed by atoms with van der Waals surface area (Å²) >= 11 is 0. The van der Waals surface area contributed by atoms with Crippen LogP contribution in [-0.4, -0.2) is 28.1 Å². The number of hydrogen-bond donors (Lipinski definition) is 4. The Morgan fingerprint density at radius 1 is 1.38 bits per heavy atom. The summed E-state index contributed by atoms with van der Waals surface area (Å²) in [4.78, 5) is 23.3. The van der Waals surface area contributed by atoms with Crippen molar-refractivity contribution >= 4 is 17.6 Å². The van der Waals surface area contributed by atoms with E-state index >= 15 is 0 Å². The molecule has 0 aliphatic heterocycles. The van der Waals surface area contributed by atoms with Gasteiger partial charge >= 0.3 is 5.97 Å². The number of aryl methyl sites for hydroxylation is 1. The molecule has 0 aliphatic rings. The van der Waals surface area contributed by atoms with E-state index in [0.29, 0.717) is 17.7 Å². The maximum absolute atomic E-state index is 12.1. The number of rotatable bonds is 7. The summed E-state index contributed by atoms with van der Waals surface area (Å²) in [6, 6.07) is 5.28. The summed E-state index contributed by atoms with van der Waals surface area (Å²) in [5, 5.41) is 32.8. The first kappa shape index (κ1) is 19.0. The smallest absolute Gasteiger partial charge is 0.326 e. The molecule has 7 heteroatoms. The summed E-state index contributed by atoms with van der Waals surface area (Å²) in [5.41, 5.74) is 0.852. The Balaban J connectivity index is 2.85. The van der Waals surface area contributed by atoms with Gasteiger partial charge in [0.25, 0.3) is 5.91 Å². The van der Waals surface area contributed by atoms with Gasteiger partial charge in [0.05, 0.1) is 0 Å². The third kappa shape index (κ3) is 5.65. The van der Waals surface area contributed by atoms with E-state index in [0.717, 1.165) is 6.20 Å². The lowest BCUT2D eigenvalue weighted by Gasteiger charge is -2.15. The van der Waals surface area contributed by atoms with Gasteiger partial charge in [-0.25, -0.2) is 4.79 Å². The van der Waals surface area contributed by atoms with E-state index in [9.17, 15) is 14.7 Å². The standard InChI is InChI=1S/C17H21N3O4/c1-10(2)6-15(17(23)24)19-9-12(8-18)16(22)20-14-5-4-13(21)7-11(14)3/h4-5,7,9-10,15,19,21H,6H2,1-3H3,(H,20,22)(H,23,24)/b12-9-. The van der Waals surface area contributed by atoms with Gasteiger partial charge in [0.1, 0.15) is 23.4 Å². The van der Waals surface area contributed by atoms with E-state index in [4.69, 9.17) is 10.4 Å². The van der Waals surface area contributed by atoms with Crippen molar-refractivity contribution in [3.8, 4) is 11.8 Å². The fourth-order valence-electron chi connectivity index (χ4n) is 2.02. The SMILES string of the molecule is Cc1cc(O)ccc1NC(=O)/C(C#N)=C\NC(CC(C)C)C(=O)O. The number of anilines is 1. The van der Waals surface area contributed by atoms with Crippen LogP contribution in [0, 0.1) is 24.2 Å². The number of carboxylic acid groups (broad SMARTS) is 1. The molecule has 7 nitrogen and oxygen atoms in total. The molecule has 0 aliphatic carbocycles. The van der Waals surface area contributed by atoms with E-state index < -0.39 is 17.9 Å². The van der Waals surface area contributed by atoms with Gasteiger partial charge in [-0.2, -0.15) is 5.26 Å². The Hall–Kier alpha value is -3.01. The van der Waals surface area contributed by atoms with Crippen LogP contribution in [0.25, 0.3) is 0 Å². The average Bonchev–Trinajstić information content (AvgIpc) is 2.49. The number of nitrogens with zero attached hydrogens (tertiary/aromatic N) is 1. The predicted molar refractivity (Wildman–Crippen MR) is 89.2 cm³/mol. The first-order valence-corrected chi connectivity index (χ1v) is 7.44. The number of phenolic OH excluding ortho intramolecular Hbond substituents is 1. The fraction of sp³-hybridized carbons (Fsp3) is 0.353. The molecular weight excluding hydrogens is 310 g/mol. The average molecular weight is 331 g/mol. The van der Waals surface area contributed by atoms with Crippen LogP contribution < -0.4 is 10.6 Å². The van der Waals surface area contributed by atoms with Gasteiger partial charge in [-0.1, -0.05) is 13.8 Å². The molecule has 4 N–H and O–H groups in total. The number of hydrogen-bond acceptors (Lipinski definition) is 5. The third-order valence-electron chi connectivity index (χ3n) is 3.26. The maximum Gasteiger partial charge on any atom is 0.326 e. The van der Waals surface area contributed by atoms with Gasteiger partial charge in [-0.15, -0.1) is 0 Å². The highest BCUT2D eigenvalue weighted by Gasteiger charge is 2.18. The summed E-state index contributed by atoms with van der Waals surface area (Å²) < 4.78 is 0. The lowest BCUT2D eigenvalue weighted by atomic mass is 10.0. The normalized spacial score (nSPS) is 12.4. The molecule has 24 heavy (non-hydrogen) atoms. The molecule has 1 rings (SSSR count). The fourth-order valence-corrected chi connectivity index (χ4v) is 2.02. The van der Waals surface area contributed by atoms with E-state index in [1.165, 1.54) is 18.2 Å². The molecule has 1 aromatic rings. The number of nitriles is 1. The molecule has 1 amide bonds. The molecule has 1 atom stereocenters. The number of phenols is 1. The molecule has 0 radical (unpaired) electrons. The zero-order valence-corrected chi connectivity index (χ0v) is 13.8. The van der Waals surface area contributed by atoms with Crippen LogP contribution in [0.3, 0.4) is 0 Å². The molecule has 0 saturated heterocycles. The number of aromatic hydroxyl groups is 1. The number of benzene rings is 1. The van der Waals surface area contributed by atoms with Crippen molar-refractivity contribution in [1.29, 1.82) is 5.26 Å². The number of amides is 1. The minimum absolute atomic E-state index is 0.0706. The second kappa shape index (κ2) is 8.58. The molecule has 0 aromatic heterocycles. The van der Waals surface area contributed by atoms with Crippen LogP contribution in [0.4, 0.5) is 5.69 Å². The first-order valence-electron chi connectivity index (χ1n) is 7.44. The molecule has 1 unspecified atom stereocenters. The Kier molecular flexibility index (Phi) is 6.80. The van der Waals surface area contributed by atoms with Crippen LogP contribution >= 0.6 is 0 Å². The van der Waals surface area contributed by atoms with Crippen LogP contribution in [0.2, 0.25) is 0 Å². The van der Waals surface area contributed by atoms with Crippen molar-refractivity contribution in [2.45, 2.75) is 33.2 Å². The molecule has 0 fully saturated rings. The molecule has 0 saturated carbocycles. The topological polar surface area (TPSA) is 122 Å². The molecule has 0 bridgehead atoms. The third-order valence-corrected chi connectivity index (χ3v) is 3.26. The van der Waals surface area contributed by atoms with Crippen LogP contribution in [-0.2, 0) is 9.59 Å². The van der Waals surface area contributed by atoms with Crippen molar-refractivity contribution in [2.24, 2.45) is 5.92 Å². The summed E-state index contributed by atoms with van der Waals surface area (Å²) in [5.74, 6) is -1.49. The van der Waals surface area contributed by atoms with E-state index in [1.807, 2.05) is 13.8 Å². The number of nitrogens with one attached hydrogen (secondary N) is 2. The number of carbonyl (C=O) groups excluding carboxylic acids is 1. The Bertz CT molecular complexity index is 690. The molecule has 0 spiro atoms. The highest BCUT2D eigenvalue weighted by Crippen LogP contribution is 2.20. The van der Waals surface area contributed by atoms with Gasteiger partial charge < -0.3 is 20.8 Å². The van der Waals surface area contributed by atoms with Crippen molar-refractivity contribution in [2.75, 3.05) is 5.32 Å². The highest BCUT2D eigenvalue weighted by molar-refractivity contribution is 6.06. The predicted octanol–water partition coefficient (Wildman–Crippen LogP) is 2.14. The van der Waals surface area contributed by atoms with Crippen molar-refractivity contribution in [1.82, 2.24) is 5.32 Å². The maximum atomic E-state index is 12.1. The van der Waals surface area contributed by atoms with Crippen LogP contribution in [0.15, 0.2) is 30.0 Å². The second-order valence-corrected chi connectivity index (χ2v) is 5.81. The van der Waals surface area contributed by atoms with E-state index in [-0.39, 0.29) is 17.2 Å². The van der Waals surface area contributed by atoms with Gasteiger partial charge in [-0.05, 0) is 43.0 Å². The number of carbonyl (C=O) groups is 2. The molecule has 128 valence electrons. The number of carboxylic acids is 1. The monoisotopic (exact) mass is 331 g/mol. The van der Waals surface area contributed by atoms with Gasteiger partial charge in [0.15, 0.2) is 0 Å². The van der Waals surface area contributed by atoms with Crippen molar-refractivity contribution < 1.29 is 19.8 Å². The molecule has 1 aromatic carbocycles. The summed E-state index contributed by atoms with van der Waals surface area (Å²) in [6.45, 7) is 5.46. The van der Waals surface area contributed by atoms with Crippen molar-refractivity contribution in [3.63, 3.8) is 0 Å². The van der Waals surface area contributed by atoms with Gasteiger partial charge in [0.2, 0.25) is 0 Å². The van der Waals surface area contributed by atoms with Crippen LogP contribution in [0.5, 0.6) is 5.75 Å². The quantitative estimate of drug-likeness (QED) is 0.345. The minimum Gasteiger partial charge on any atom is -0.508 e. The second-order valence-electron chi connectivity index (χ2n) is 5.81. The summed E-state index contributed by atoms with van der Waals surface area (Å²) in [7, 11) is 0. The highest BCUT2D eigenvalue weighted by atomic mass is 16.4. The summed E-state index contributed by atoms with van der Waals surface area (Å²) in [6.07, 6.45) is 1.48. The Morgan fingerprint density at radius 2 is 2.04 bits per heavy atom. The zero-order valence-electron chi connectivity index (χ0n) is 13.8. The zero-order chi connectivity index (χ0) is 18.3. The van der Waals surface area contributed by atoms with Gasteiger partial charge in [-0.3, -0.25) is 4.79 Å². The first-order chi connectivity index (χ1) is 11.2. The Labute approximate surface area is 140 Å². The van der Waals surface area contributed by atoms with E-state index in [2.05, 4.69) is 10.6 Å². The van der Waals surface area contributed by atoms with Crippen LogP contribution in [0.1, 0.15) is 25.8 Å². The van der Waals surface area contributed by atoms with E-state index in [1.54, 1.807) is 13.0 Å². The lowest BCUT2D eigenvalue weighted by molar-refractivity contribution is -0.139. The lowest BCUT2D eigenvalue weighted by Crippen LogP contribution is -2.35. The minimum atomic E-state index is -1.05. The van der Waals surface area contributed by atoms with Gasteiger partial charge in [0, 0.05) is 11.9 Å². The number of aliphatic carboxylic acids is 1. The molecular formula is C17H21N3O4. The molecule has 0 heterocycles.